The fraction of sp³-hybridized carbons (Fsp3) is 0.611. The maximum atomic E-state index is 13.0. The summed E-state index contributed by atoms with van der Waals surface area (Å²) in [5, 5.41) is 0. The number of nitrogens with zero attached hydrogens (tertiary/aromatic N) is 2. The average Bonchev–Trinajstić information content (AvgIpc) is 3.13. The number of amides is 1. The van der Waals surface area contributed by atoms with E-state index in [1.54, 1.807) is 30.0 Å². The Labute approximate surface area is 165 Å². The number of fused-ring (bicyclic) bond motifs is 1. The minimum absolute atomic E-state index is 0.0946. The largest absolute Gasteiger partial charge is 0.312 e. The lowest BCUT2D eigenvalue weighted by Crippen LogP contribution is -2.41. The second-order valence-corrected chi connectivity index (χ2v) is 10.6. The van der Waals surface area contributed by atoms with E-state index in [4.69, 9.17) is 23.2 Å². The lowest BCUT2D eigenvalue weighted by atomic mass is 9.99. The Hall–Kier alpha value is -0.820. The number of rotatable bonds is 5. The highest BCUT2D eigenvalue weighted by Gasteiger charge is 2.69. The zero-order valence-corrected chi connectivity index (χ0v) is 17.6. The molecule has 0 bridgehead atoms. The molecule has 144 valence electrons. The summed E-state index contributed by atoms with van der Waals surface area (Å²) in [6.45, 7) is 6.86. The molecule has 1 aromatic rings. The minimum Gasteiger partial charge on any atom is -0.312 e. The number of sulfonamides is 1. The fourth-order valence-corrected chi connectivity index (χ4v) is 5.79. The predicted molar refractivity (Wildman–Crippen MR) is 104 cm³/mol. The van der Waals surface area contributed by atoms with Crippen molar-refractivity contribution in [2.75, 3.05) is 24.5 Å². The van der Waals surface area contributed by atoms with Crippen molar-refractivity contribution in [3.8, 4) is 0 Å². The Morgan fingerprint density at radius 1 is 1.27 bits per heavy atom. The molecule has 0 aromatic heterocycles. The lowest BCUT2D eigenvalue weighted by Gasteiger charge is -2.32. The van der Waals surface area contributed by atoms with Crippen LogP contribution in [0.15, 0.2) is 23.1 Å². The van der Waals surface area contributed by atoms with Crippen LogP contribution >= 0.6 is 23.2 Å². The van der Waals surface area contributed by atoms with E-state index in [2.05, 4.69) is 0 Å². The Morgan fingerprint density at radius 3 is 2.42 bits per heavy atom. The van der Waals surface area contributed by atoms with Crippen molar-refractivity contribution in [2.24, 2.45) is 5.41 Å². The number of alkyl halides is 2. The van der Waals surface area contributed by atoms with Gasteiger partial charge in [-0.15, -0.1) is 23.2 Å². The van der Waals surface area contributed by atoms with Crippen LogP contribution in [0.1, 0.15) is 39.2 Å². The third-order valence-electron chi connectivity index (χ3n) is 5.49. The van der Waals surface area contributed by atoms with Crippen LogP contribution in [0, 0.1) is 5.41 Å². The van der Waals surface area contributed by atoms with Gasteiger partial charge in [0, 0.05) is 25.3 Å². The number of hydrogen-bond donors (Lipinski definition) is 0. The molecule has 0 saturated heterocycles. The topological polar surface area (TPSA) is 57.7 Å². The third kappa shape index (κ3) is 3.05. The maximum Gasteiger partial charge on any atom is 0.243 e. The highest BCUT2D eigenvalue weighted by atomic mass is 35.5. The summed E-state index contributed by atoms with van der Waals surface area (Å²) in [6, 6.07) is 5.02. The van der Waals surface area contributed by atoms with Gasteiger partial charge < -0.3 is 4.90 Å². The maximum absolute atomic E-state index is 13.0. The van der Waals surface area contributed by atoms with E-state index in [0.717, 1.165) is 24.1 Å². The van der Waals surface area contributed by atoms with Crippen LogP contribution in [0.3, 0.4) is 0 Å². The Kier molecular flexibility index (Phi) is 5.10. The second-order valence-electron chi connectivity index (χ2n) is 7.15. The highest BCUT2D eigenvalue weighted by molar-refractivity contribution is 7.89. The lowest BCUT2D eigenvalue weighted by molar-refractivity contribution is -0.123. The first-order valence-corrected chi connectivity index (χ1v) is 11.1. The van der Waals surface area contributed by atoms with Crippen molar-refractivity contribution >= 4 is 44.8 Å². The second kappa shape index (κ2) is 6.66. The summed E-state index contributed by atoms with van der Waals surface area (Å²) in [6.07, 6.45) is 1.95. The van der Waals surface area contributed by atoms with Crippen LogP contribution < -0.4 is 4.90 Å². The van der Waals surface area contributed by atoms with Crippen LogP contribution in [0.2, 0.25) is 0 Å². The van der Waals surface area contributed by atoms with Crippen LogP contribution in [-0.2, 0) is 21.2 Å². The van der Waals surface area contributed by atoms with Crippen LogP contribution in [-0.4, -0.2) is 42.6 Å². The van der Waals surface area contributed by atoms with Gasteiger partial charge in [0.1, 0.15) is 4.33 Å². The van der Waals surface area contributed by atoms with Gasteiger partial charge in [-0.2, -0.15) is 4.31 Å². The molecule has 26 heavy (non-hydrogen) atoms. The molecule has 8 heteroatoms. The number of carbonyl (C=O) groups is 1. The molecule has 1 heterocycles. The molecule has 1 aliphatic heterocycles. The number of anilines is 1. The third-order valence-corrected chi connectivity index (χ3v) is 8.64. The SMILES string of the molecule is CCN(CC)S(=O)(=O)c1ccc2c(c1)CCCN2C(=O)C1(C)CC1(Cl)Cl. The van der Waals surface area contributed by atoms with E-state index in [-0.39, 0.29) is 10.8 Å². The molecule has 1 atom stereocenters. The van der Waals surface area contributed by atoms with Gasteiger partial charge in [-0.25, -0.2) is 8.42 Å². The van der Waals surface area contributed by atoms with Gasteiger partial charge >= 0.3 is 0 Å². The molecule has 1 aromatic carbocycles. The predicted octanol–water partition coefficient (Wildman–Crippen LogP) is 3.58. The number of halogens is 2. The molecule has 0 spiro atoms. The molecule has 1 saturated carbocycles. The van der Waals surface area contributed by atoms with Crippen LogP contribution in [0.25, 0.3) is 0 Å². The summed E-state index contributed by atoms with van der Waals surface area (Å²) in [5.41, 5.74) is 0.852. The molecular formula is C18H24Cl2N2O3S. The molecule has 2 aliphatic rings. The smallest absolute Gasteiger partial charge is 0.243 e. The van der Waals surface area contributed by atoms with Gasteiger partial charge in [0.2, 0.25) is 15.9 Å². The average molecular weight is 419 g/mol. The summed E-state index contributed by atoms with van der Waals surface area (Å²) in [5.74, 6) is -0.0946. The summed E-state index contributed by atoms with van der Waals surface area (Å²) in [4.78, 5) is 15.0. The number of carbonyl (C=O) groups excluding carboxylic acids is 1. The van der Waals surface area contributed by atoms with Crippen LogP contribution in [0.4, 0.5) is 5.69 Å². The Morgan fingerprint density at radius 2 is 1.88 bits per heavy atom. The minimum atomic E-state index is -3.52. The molecule has 1 amide bonds. The van der Waals surface area contributed by atoms with Crippen molar-refractivity contribution in [1.82, 2.24) is 4.31 Å². The first-order valence-electron chi connectivity index (χ1n) is 8.91. The molecule has 5 nitrogen and oxygen atoms in total. The number of hydrogen-bond acceptors (Lipinski definition) is 3. The highest BCUT2D eigenvalue weighted by Crippen LogP contribution is 2.64. The van der Waals surface area contributed by atoms with E-state index in [9.17, 15) is 13.2 Å². The molecule has 0 radical (unpaired) electrons. The quantitative estimate of drug-likeness (QED) is 0.686. The van der Waals surface area contributed by atoms with E-state index < -0.39 is 19.8 Å². The van der Waals surface area contributed by atoms with Gasteiger partial charge in [0.25, 0.3) is 0 Å². The van der Waals surface area contributed by atoms with E-state index in [1.165, 1.54) is 4.31 Å². The zero-order chi connectivity index (χ0) is 19.3. The number of aryl methyl sites for hydroxylation is 1. The zero-order valence-electron chi connectivity index (χ0n) is 15.3. The van der Waals surface area contributed by atoms with Crippen LogP contribution in [0.5, 0.6) is 0 Å². The summed E-state index contributed by atoms with van der Waals surface area (Å²) >= 11 is 12.3. The molecule has 0 N–H and O–H groups in total. The van der Waals surface area contributed by atoms with Gasteiger partial charge in [-0.3, -0.25) is 4.79 Å². The summed E-state index contributed by atoms with van der Waals surface area (Å²) < 4.78 is 25.9. The van der Waals surface area contributed by atoms with Gasteiger partial charge in [0.15, 0.2) is 0 Å². The molecule has 3 rings (SSSR count). The monoisotopic (exact) mass is 418 g/mol. The number of benzene rings is 1. The van der Waals surface area contributed by atoms with Gasteiger partial charge in [0.05, 0.1) is 10.3 Å². The van der Waals surface area contributed by atoms with Crippen molar-refractivity contribution in [1.29, 1.82) is 0 Å². The Bertz CT molecular complexity index is 837. The van der Waals surface area contributed by atoms with E-state index >= 15 is 0 Å². The molecule has 1 unspecified atom stereocenters. The van der Waals surface area contributed by atoms with E-state index in [0.29, 0.717) is 26.1 Å². The standard InChI is InChI=1S/C18H24Cl2N2O3S/c1-4-21(5-2)26(24,25)14-8-9-15-13(11-14)7-6-10-22(15)16(23)17(3)12-18(17,19)20/h8-9,11H,4-7,10,12H2,1-3H3. The van der Waals surface area contributed by atoms with E-state index in [1.807, 2.05) is 13.8 Å². The molecule has 1 fully saturated rings. The molecule has 1 aliphatic carbocycles. The van der Waals surface area contributed by atoms with Crippen molar-refractivity contribution in [2.45, 2.75) is 49.3 Å². The summed E-state index contributed by atoms with van der Waals surface area (Å²) in [7, 11) is -3.52. The van der Waals surface area contributed by atoms with Crippen molar-refractivity contribution in [3.63, 3.8) is 0 Å². The van der Waals surface area contributed by atoms with Gasteiger partial charge in [-0.05, 0) is 49.9 Å². The first kappa shape index (κ1) is 19.9. The Balaban J connectivity index is 1.95. The molecular weight excluding hydrogens is 395 g/mol. The fourth-order valence-electron chi connectivity index (χ4n) is 3.59. The van der Waals surface area contributed by atoms with Gasteiger partial charge in [-0.1, -0.05) is 13.8 Å². The normalized spacial score (nSPS) is 24.5. The van der Waals surface area contributed by atoms with Crippen molar-refractivity contribution in [3.05, 3.63) is 23.8 Å². The van der Waals surface area contributed by atoms with Crippen molar-refractivity contribution < 1.29 is 13.2 Å². The first-order chi connectivity index (χ1) is 12.1.